The van der Waals surface area contributed by atoms with Crippen molar-refractivity contribution in [2.45, 2.75) is 26.0 Å². The highest BCUT2D eigenvalue weighted by molar-refractivity contribution is 6.12. The van der Waals surface area contributed by atoms with Crippen molar-refractivity contribution >= 4 is 17.4 Å². The van der Waals surface area contributed by atoms with Gasteiger partial charge in [-0.3, -0.25) is 9.59 Å². The summed E-state index contributed by atoms with van der Waals surface area (Å²) >= 11 is 0. The molecule has 1 aromatic rings. The van der Waals surface area contributed by atoms with Crippen LogP contribution in [0.2, 0.25) is 0 Å². The van der Waals surface area contributed by atoms with E-state index >= 15 is 0 Å². The van der Waals surface area contributed by atoms with Crippen LogP contribution in [0.5, 0.6) is 5.75 Å². The van der Waals surface area contributed by atoms with Crippen LogP contribution in [0.25, 0.3) is 0 Å². The quantitative estimate of drug-likeness (QED) is 0.823. The largest absolute Gasteiger partial charge is 0.497 e. The Morgan fingerprint density at radius 3 is 2.37 bits per heavy atom. The normalized spacial score (nSPS) is 23.8. The number of methoxy groups -OCH3 is 1. The van der Waals surface area contributed by atoms with Gasteiger partial charge in [0.25, 0.3) is 0 Å². The van der Waals surface area contributed by atoms with Crippen molar-refractivity contribution in [3.05, 3.63) is 24.3 Å². The van der Waals surface area contributed by atoms with E-state index in [2.05, 4.69) is 0 Å². The first kappa shape index (κ1) is 13.5. The van der Waals surface area contributed by atoms with Crippen molar-refractivity contribution in [3.8, 4) is 5.75 Å². The summed E-state index contributed by atoms with van der Waals surface area (Å²) < 4.78 is 5.05. The number of ether oxygens (including phenoxy) is 1. The molecule has 1 aliphatic heterocycles. The predicted octanol–water partition coefficient (Wildman–Crippen LogP) is 0.996. The molecule has 1 heterocycles. The highest BCUT2D eigenvalue weighted by Crippen LogP contribution is 2.35. The lowest BCUT2D eigenvalue weighted by atomic mass is 9.80. The van der Waals surface area contributed by atoms with Gasteiger partial charge in [0, 0.05) is 5.69 Å². The van der Waals surface area contributed by atoms with Gasteiger partial charge < -0.3 is 14.7 Å². The van der Waals surface area contributed by atoms with Gasteiger partial charge in [-0.2, -0.15) is 0 Å². The number of hydrogen-bond donors (Lipinski definition) is 1. The molecule has 1 amide bonds. The first-order valence-corrected chi connectivity index (χ1v) is 6.13. The van der Waals surface area contributed by atoms with Gasteiger partial charge in [0.05, 0.1) is 19.1 Å². The molecule has 102 valence electrons. The van der Waals surface area contributed by atoms with Gasteiger partial charge in [-0.1, -0.05) is 0 Å². The van der Waals surface area contributed by atoms with Crippen LogP contribution in [0.15, 0.2) is 24.3 Å². The van der Waals surface area contributed by atoms with Gasteiger partial charge in [-0.15, -0.1) is 0 Å². The lowest BCUT2D eigenvalue weighted by molar-refractivity contribution is -0.141. The zero-order valence-corrected chi connectivity index (χ0v) is 11.2. The number of ketones is 1. The van der Waals surface area contributed by atoms with E-state index in [0.717, 1.165) is 0 Å². The third-order valence-electron chi connectivity index (χ3n) is 3.43. The molecular formula is C14H17NO4. The van der Waals surface area contributed by atoms with Crippen LogP contribution >= 0.6 is 0 Å². The highest BCUT2D eigenvalue weighted by Gasteiger charge is 2.52. The molecule has 0 aliphatic carbocycles. The molecule has 1 saturated heterocycles. The number of hydrogen-bond acceptors (Lipinski definition) is 4. The van der Waals surface area contributed by atoms with Crippen molar-refractivity contribution < 1.29 is 19.4 Å². The molecule has 0 spiro atoms. The molecule has 1 N–H and O–H groups in total. The van der Waals surface area contributed by atoms with E-state index in [9.17, 15) is 14.7 Å². The summed E-state index contributed by atoms with van der Waals surface area (Å²) in [6.45, 7) is 2.97. The second-order valence-corrected chi connectivity index (χ2v) is 4.73. The molecule has 1 unspecified atom stereocenters. The molecule has 1 aromatic carbocycles. The standard InChI is InChI=1S/C14H17NO4/c1-8(16)12-13(9(2)17)15(14(12)18)10-4-6-11(19-3)7-5-10/h4-8,12-13,16H,1-3H3/t8?,12-,13-/m1/s1. The Morgan fingerprint density at radius 2 is 1.95 bits per heavy atom. The summed E-state index contributed by atoms with van der Waals surface area (Å²) in [5.41, 5.74) is 0.642. The van der Waals surface area contributed by atoms with Crippen molar-refractivity contribution in [1.82, 2.24) is 0 Å². The number of nitrogens with zero attached hydrogens (tertiary/aromatic N) is 1. The molecule has 5 nitrogen and oxygen atoms in total. The minimum atomic E-state index is -0.823. The summed E-state index contributed by atoms with van der Waals surface area (Å²) in [5, 5.41) is 9.59. The van der Waals surface area contributed by atoms with Crippen LogP contribution in [-0.4, -0.2) is 36.1 Å². The number of amides is 1. The molecule has 0 saturated carbocycles. The second kappa shape index (κ2) is 5.01. The van der Waals surface area contributed by atoms with E-state index in [-0.39, 0.29) is 11.7 Å². The third-order valence-corrected chi connectivity index (χ3v) is 3.43. The minimum Gasteiger partial charge on any atom is -0.497 e. The van der Waals surface area contributed by atoms with E-state index in [4.69, 9.17) is 4.74 Å². The third kappa shape index (κ3) is 2.21. The van der Waals surface area contributed by atoms with Crippen molar-refractivity contribution in [2.75, 3.05) is 12.0 Å². The molecular weight excluding hydrogens is 246 g/mol. The van der Waals surface area contributed by atoms with Crippen molar-refractivity contribution in [3.63, 3.8) is 0 Å². The number of benzene rings is 1. The Morgan fingerprint density at radius 1 is 1.37 bits per heavy atom. The topological polar surface area (TPSA) is 66.8 Å². The monoisotopic (exact) mass is 263 g/mol. The first-order chi connectivity index (χ1) is 8.97. The fourth-order valence-corrected chi connectivity index (χ4v) is 2.45. The van der Waals surface area contributed by atoms with Gasteiger partial charge in [-0.25, -0.2) is 0 Å². The average molecular weight is 263 g/mol. The minimum absolute atomic E-state index is 0.124. The average Bonchev–Trinajstić information content (AvgIpc) is 2.35. The van der Waals surface area contributed by atoms with E-state index in [1.165, 1.54) is 18.7 Å². The van der Waals surface area contributed by atoms with Crippen LogP contribution in [0.4, 0.5) is 5.69 Å². The molecule has 0 bridgehead atoms. The number of β-lactam (4-membered cyclic amide) rings is 1. The van der Waals surface area contributed by atoms with Gasteiger partial charge in [-0.05, 0) is 38.1 Å². The van der Waals surface area contributed by atoms with Crippen LogP contribution < -0.4 is 9.64 Å². The number of aliphatic hydroxyl groups is 1. The number of anilines is 1. The second-order valence-electron chi connectivity index (χ2n) is 4.73. The summed E-state index contributed by atoms with van der Waals surface area (Å²) in [6, 6.07) is 6.34. The molecule has 0 radical (unpaired) electrons. The summed E-state index contributed by atoms with van der Waals surface area (Å²) in [6.07, 6.45) is -0.823. The van der Waals surface area contributed by atoms with E-state index < -0.39 is 18.1 Å². The van der Waals surface area contributed by atoms with E-state index in [0.29, 0.717) is 11.4 Å². The predicted molar refractivity (Wildman–Crippen MR) is 70.1 cm³/mol. The van der Waals surface area contributed by atoms with Crippen LogP contribution in [0, 0.1) is 5.92 Å². The van der Waals surface area contributed by atoms with Crippen LogP contribution in [0.3, 0.4) is 0 Å². The summed E-state index contributed by atoms with van der Waals surface area (Å²) in [4.78, 5) is 25.1. The van der Waals surface area contributed by atoms with Crippen LogP contribution in [0.1, 0.15) is 13.8 Å². The molecule has 5 heteroatoms. The number of carbonyl (C=O) groups excluding carboxylic acids is 2. The fraction of sp³-hybridized carbons (Fsp3) is 0.429. The van der Waals surface area contributed by atoms with Gasteiger partial charge in [0.2, 0.25) is 5.91 Å². The number of rotatable bonds is 4. The Hall–Kier alpha value is -1.88. The maximum Gasteiger partial charge on any atom is 0.235 e. The SMILES string of the molecule is COc1ccc(N2C(=O)[C@H](C(C)O)[C@H]2C(C)=O)cc1. The lowest BCUT2D eigenvalue weighted by Crippen LogP contribution is -2.67. The molecule has 1 aliphatic rings. The Kier molecular flexibility index (Phi) is 3.57. The van der Waals surface area contributed by atoms with E-state index in [1.807, 2.05) is 0 Å². The molecule has 0 aromatic heterocycles. The maximum absolute atomic E-state index is 12.1. The molecule has 1 fully saturated rings. The maximum atomic E-state index is 12.1. The zero-order valence-electron chi connectivity index (χ0n) is 11.2. The molecule has 19 heavy (non-hydrogen) atoms. The summed E-state index contributed by atoms with van der Waals surface area (Å²) in [7, 11) is 1.56. The number of carbonyl (C=O) groups is 2. The fourth-order valence-electron chi connectivity index (χ4n) is 2.45. The molecule has 3 atom stereocenters. The smallest absolute Gasteiger partial charge is 0.235 e. The molecule has 2 rings (SSSR count). The summed E-state index contributed by atoms with van der Waals surface area (Å²) in [5.74, 6) is -0.301. The lowest BCUT2D eigenvalue weighted by Gasteiger charge is -2.46. The Balaban J connectivity index is 2.28. The van der Waals surface area contributed by atoms with Crippen LogP contribution in [-0.2, 0) is 9.59 Å². The number of Topliss-reactive ketones (excluding diaryl/α,β-unsaturated/α-hetero) is 1. The van der Waals surface area contributed by atoms with Gasteiger partial charge in [0.15, 0.2) is 5.78 Å². The Bertz CT molecular complexity index is 495. The van der Waals surface area contributed by atoms with E-state index in [1.54, 1.807) is 31.4 Å². The first-order valence-electron chi connectivity index (χ1n) is 6.13. The van der Waals surface area contributed by atoms with Gasteiger partial charge in [0.1, 0.15) is 11.8 Å². The Labute approximate surface area is 111 Å². The van der Waals surface area contributed by atoms with Crippen molar-refractivity contribution in [2.24, 2.45) is 5.92 Å². The van der Waals surface area contributed by atoms with Gasteiger partial charge >= 0.3 is 0 Å². The zero-order chi connectivity index (χ0) is 14.2. The highest BCUT2D eigenvalue weighted by atomic mass is 16.5. The van der Waals surface area contributed by atoms with Crippen molar-refractivity contribution in [1.29, 1.82) is 0 Å². The number of aliphatic hydroxyl groups excluding tert-OH is 1.